The first kappa shape index (κ1) is 51.4. The molecule has 0 saturated heterocycles. The van der Waals surface area contributed by atoms with Crippen LogP contribution in [0.1, 0.15) is 169 Å². The lowest BCUT2D eigenvalue weighted by Crippen LogP contribution is -2.15. The van der Waals surface area contributed by atoms with E-state index in [0.29, 0.717) is 56.6 Å². The first-order chi connectivity index (χ1) is 33.3. The van der Waals surface area contributed by atoms with Crippen molar-refractivity contribution in [1.82, 2.24) is 0 Å². The van der Waals surface area contributed by atoms with Crippen molar-refractivity contribution in [2.24, 2.45) is 0 Å². The fraction of sp³-hybridized carbons (Fsp3) is 0.446. The maximum atomic E-state index is 13.6. The molecule has 13 heteroatoms. The van der Waals surface area contributed by atoms with E-state index >= 15 is 0 Å². The summed E-state index contributed by atoms with van der Waals surface area (Å²) in [4.78, 5) is 13.6. The van der Waals surface area contributed by atoms with Gasteiger partial charge in [-0.25, -0.2) is 4.79 Å². The molecule has 5 atom stereocenters. The summed E-state index contributed by atoms with van der Waals surface area (Å²) < 4.78 is 65.4. The zero-order chi connectivity index (χ0) is 49.5. The molecule has 0 bridgehead atoms. The Balaban J connectivity index is 1.58. The van der Waals surface area contributed by atoms with Gasteiger partial charge in [-0.3, -0.25) is 0 Å². The van der Waals surface area contributed by atoms with Crippen molar-refractivity contribution in [3.63, 3.8) is 0 Å². The van der Waals surface area contributed by atoms with Gasteiger partial charge in [0.2, 0.25) is 0 Å². The monoisotopic (exact) mass is 980 g/mol. The molecule has 7 rings (SSSR count). The van der Waals surface area contributed by atoms with Crippen LogP contribution in [-0.4, -0.2) is 34.4 Å². The summed E-state index contributed by atoms with van der Waals surface area (Å²) in [6.07, 6.45) is 7.38. The quantitative estimate of drug-likeness (QED) is 0.0642. The van der Waals surface area contributed by atoms with Gasteiger partial charge in [0, 0.05) is 44.2 Å². The number of hydrogen-bond donors (Lipinski definition) is 0. The van der Waals surface area contributed by atoms with E-state index in [1.165, 1.54) is 0 Å². The summed E-state index contributed by atoms with van der Waals surface area (Å²) in [5, 5.41) is 1.68. The minimum atomic E-state index is -2.24. The van der Waals surface area contributed by atoms with Crippen LogP contribution in [0, 0.1) is 6.92 Å². The van der Waals surface area contributed by atoms with Crippen molar-refractivity contribution in [3.8, 4) is 51.4 Å². The second-order valence-corrected chi connectivity index (χ2v) is 20.4. The molecule has 0 spiro atoms. The van der Waals surface area contributed by atoms with Gasteiger partial charge in [0.25, 0.3) is 0 Å². The third-order valence-electron chi connectivity index (χ3n) is 13.2. The fourth-order valence-electron chi connectivity index (χ4n) is 9.48. The molecule has 0 saturated carbocycles. The van der Waals surface area contributed by atoms with E-state index in [1.807, 2.05) is 49.4 Å². The smallest absolute Gasteiger partial charge is 0.497 e. The Morgan fingerprint density at radius 3 is 1.33 bits per heavy atom. The summed E-state index contributed by atoms with van der Waals surface area (Å²) in [5.74, 6) is 3.86. The first-order valence-electron chi connectivity index (χ1n) is 24.5. The van der Waals surface area contributed by atoms with Gasteiger partial charge in [0.15, 0.2) is 0 Å². The predicted octanol–water partition coefficient (Wildman–Crippen LogP) is 17.6. The molecule has 0 N–H and O–H groups in total. The largest absolute Gasteiger partial charge is 0.532 e. The normalized spacial score (nSPS) is 15.3. The average molecular weight is 981 g/mol. The van der Waals surface area contributed by atoms with E-state index in [4.69, 9.17) is 45.4 Å². The van der Waals surface area contributed by atoms with Gasteiger partial charge in [-0.2, -0.15) is 0 Å². The summed E-state index contributed by atoms with van der Waals surface area (Å²) in [6.45, 7) is 19.4. The van der Waals surface area contributed by atoms with E-state index in [-0.39, 0.29) is 23.7 Å². The maximum absolute atomic E-state index is 13.6. The highest BCUT2D eigenvalue weighted by molar-refractivity contribution is 7.43. The van der Waals surface area contributed by atoms with Gasteiger partial charge in [0.05, 0.1) is 28.4 Å². The number of ether oxygens (including phenoxy) is 4. The van der Waals surface area contributed by atoms with Crippen LogP contribution in [0.4, 0.5) is 0 Å². The molecule has 69 heavy (non-hydrogen) atoms. The van der Waals surface area contributed by atoms with Gasteiger partial charge in [-0.1, -0.05) is 92.7 Å². The van der Waals surface area contributed by atoms with Gasteiger partial charge >= 0.3 is 22.8 Å². The molecule has 11 nitrogen and oxygen atoms in total. The van der Waals surface area contributed by atoms with Gasteiger partial charge in [-0.05, 0) is 117 Å². The predicted molar refractivity (Wildman–Crippen MR) is 278 cm³/mol. The second-order valence-electron chi connectivity index (χ2n) is 18.4. The van der Waals surface area contributed by atoms with Crippen molar-refractivity contribution in [3.05, 3.63) is 100 Å². The van der Waals surface area contributed by atoms with Crippen molar-refractivity contribution >= 4 is 44.8 Å². The zero-order valence-corrected chi connectivity index (χ0v) is 44.5. The number of aryl methyl sites for hydroxylation is 1. The highest BCUT2D eigenvalue weighted by Crippen LogP contribution is 2.56. The molecule has 6 aromatic rings. The molecule has 1 aliphatic heterocycles. The Morgan fingerprint density at radius 2 is 0.899 bits per heavy atom. The summed E-state index contributed by atoms with van der Waals surface area (Å²) in [5.41, 5.74) is 7.69. The van der Waals surface area contributed by atoms with Crippen molar-refractivity contribution in [1.29, 1.82) is 0 Å². The molecule has 2 heterocycles. The van der Waals surface area contributed by atoms with Crippen LogP contribution in [0.5, 0.6) is 40.2 Å². The summed E-state index contributed by atoms with van der Waals surface area (Å²) in [6, 6.07) is 21.6. The van der Waals surface area contributed by atoms with Gasteiger partial charge in [-0.15, -0.1) is 0 Å². The minimum absolute atomic E-state index is 0.00434. The number of fused-ring (bicyclic) bond motifs is 4. The van der Waals surface area contributed by atoms with Crippen LogP contribution in [0.2, 0.25) is 0 Å². The second kappa shape index (κ2) is 22.9. The number of rotatable bonds is 21. The van der Waals surface area contributed by atoms with Crippen LogP contribution >= 0.6 is 16.8 Å². The number of carbonyl (C=O) groups is 1. The molecule has 0 radical (unpaired) electrons. The first-order valence-corrected chi connectivity index (χ1v) is 26.7. The van der Waals surface area contributed by atoms with Gasteiger partial charge in [0.1, 0.15) is 57.0 Å². The van der Waals surface area contributed by atoms with Crippen LogP contribution in [-0.2, 0) is 4.52 Å². The maximum Gasteiger partial charge on any atom is 0.532 e. The Morgan fingerprint density at radius 1 is 0.493 bits per heavy atom. The third kappa shape index (κ3) is 11.1. The standard InChI is InChI=1S/C56H70O11P2/c1-14-18-34(6)42-25-38(58-10)29-46(52(42)63-68-62-51-23-22-33(5)24-50(51)56(57)67-68)47-30-39(59-11)26-43(35(7)19-15-2)53(47)64-69-65-54-44(36(8)20-16-3)27-40(60-12)31-48(54)49-32-41(61-13)28-45(55(49)66-69)37(9)21-17-4/h22-32,34-37H,14-21H2,1-13H3. The van der Waals surface area contributed by atoms with E-state index in [9.17, 15) is 4.79 Å². The fourth-order valence-corrected chi connectivity index (χ4v) is 11.7. The van der Waals surface area contributed by atoms with Crippen molar-refractivity contribution in [2.75, 3.05) is 28.4 Å². The molecule has 0 amide bonds. The molecule has 1 aliphatic rings. The van der Waals surface area contributed by atoms with Crippen LogP contribution < -0.4 is 32.5 Å². The molecule has 1 aromatic heterocycles. The molecule has 5 aromatic carbocycles. The minimum Gasteiger partial charge on any atom is -0.497 e. The van der Waals surface area contributed by atoms with E-state index in [0.717, 1.165) is 101 Å². The topological polar surface area (TPSA) is 117 Å². The lowest BCUT2D eigenvalue weighted by molar-refractivity contribution is 0.0697. The molecular weight excluding hydrogens is 911 g/mol. The Bertz CT molecular complexity index is 2740. The Hall–Kier alpha value is -5.50. The third-order valence-corrected chi connectivity index (χ3v) is 15.2. The lowest BCUT2D eigenvalue weighted by atomic mass is 9.88. The average Bonchev–Trinajstić information content (AvgIpc) is 3.50. The highest BCUT2D eigenvalue weighted by Gasteiger charge is 2.36. The molecular formula is C56H70O11P2. The SMILES string of the molecule is CCCC(C)c1cc(OC)cc(-c2cc(OC)cc(C(C)CCC)c2Op2oc3c(C(C)CCC)cc(OC)cc3c3cc(OC)cc(C(C)CCC)c3o2)c1OP1OC(=O)c2cc(C)ccc2O1. The number of hydrogen-bond acceptors (Lipinski definition) is 11. The van der Waals surface area contributed by atoms with E-state index < -0.39 is 22.8 Å². The number of benzene rings is 5. The number of methoxy groups -OCH3 is 4. The molecule has 0 fully saturated rings. The summed E-state index contributed by atoms with van der Waals surface area (Å²) in [7, 11) is 2.24. The molecule has 0 aliphatic carbocycles. The van der Waals surface area contributed by atoms with E-state index in [2.05, 4.69) is 67.5 Å². The Labute approximate surface area is 410 Å². The van der Waals surface area contributed by atoms with Crippen molar-refractivity contribution in [2.45, 2.75) is 137 Å². The zero-order valence-electron chi connectivity index (χ0n) is 42.7. The van der Waals surface area contributed by atoms with Crippen molar-refractivity contribution < 1.29 is 50.2 Å². The summed E-state index contributed by atoms with van der Waals surface area (Å²) >= 11 is 0. The van der Waals surface area contributed by atoms with Crippen LogP contribution in [0.3, 0.4) is 0 Å². The van der Waals surface area contributed by atoms with Crippen LogP contribution in [0.25, 0.3) is 33.1 Å². The molecule has 5 unspecified atom stereocenters. The highest BCUT2D eigenvalue weighted by atomic mass is 31.2. The molecule has 370 valence electrons. The van der Waals surface area contributed by atoms with E-state index in [1.54, 1.807) is 40.6 Å². The van der Waals surface area contributed by atoms with Crippen LogP contribution in [0.15, 0.2) is 75.1 Å². The van der Waals surface area contributed by atoms with Gasteiger partial charge < -0.3 is 45.4 Å². The lowest BCUT2D eigenvalue weighted by Gasteiger charge is -2.27. The number of carbonyl (C=O) groups excluding carboxylic acids is 1. The Kier molecular flexibility index (Phi) is 17.1.